The normalized spacial score (nSPS) is 18.4. The van der Waals surface area contributed by atoms with E-state index in [1.807, 2.05) is 0 Å². The molecule has 0 amide bonds. The summed E-state index contributed by atoms with van der Waals surface area (Å²) in [5.74, 6) is -1.27. The van der Waals surface area contributed by atoms with E-state index in [1.165, 1.54) is 0 Å². The molecule has 0 radical (unpaired) electrons. The second-order valence-electron chi connectivity index (χ2n) is 5.48. The van der Waals surface area contributed by atoms with Gasteiger partial charge in [0.2, 0.25) is 0 Å². The van der Waals surface area contributed by atoms with Crippen molar-refractivity contribution >= 4 is 17.3 Å². The molecule has 21 heavy (non-hydrogen) atoms. The van der Waals surface area contributed by atoms with Crippen molar-refractivity contribution in [2.75, 3.05) is 11.5 Å². The lowest BCUT2D eigenvalue weighted by Gasteiger charge is -2.40. The maximum atomic E-state index is 13.7. The quantitative estimate of drug-likeness (QED) is 0.731. The number of nitrogen functional groups attached to an aromatic ring is 2. The molecular formula is C14H17F3N2O2. The fourth-order valence-electron chi connectivity index (χ4n) is 3.19. The summed E-state index contributed by atoms with van der Waals surface area (Å²) >= 11 is 0. The second-order valence-corrected chi connectivity index (χ2v) is 5.48. The van der Waals surface area contributed by atoms with E-state index in [0.717, 1.165) is 18.6 Å². The van der Waals surface area contributed by atoms with E-state index in [-0.39, 0.29) is 35.3 Å². The average molecular weight is 302 g/mol. The molecule has 116 valence electrons. The number of aromatic carboxylic acids is 1. The van der Waals surface area contributed by atoms with Crippen molar-refractivity contribution in [1.82, 2.24) is 0 Å². The van der Waals surface area contributed by atoms with Gasteiger partial charge in [-0.05, 0) is 25.0 Å². The van der Waals surface area contributed by atoms with Gasteiger partial charge in [0.05, 0.1) is 11.0 Å². The number of carboxylic acids is 1. The first-order chi connectivity index (χ1) is 9.69. The maximum absolute atomic E-state index is 13.7. The number of benzene rings is 1. The molecule has 1 aromatic rings. The molecule has 0 aliphatic heterocycles. The summed E-state index contributed by atoms with van der Waals surface area (Å²) in [5, 5.41) is 8.93. The predicted molar refractivity (Wildman–Crippen MR) is 73.0 cm³/mol. The Hall–Kier alpha value is -1.92. The third kappa shape index (κ3) is 2.52. The van der Waals surface area contributed by atoms with Gasteiger partial charge in [0, 0.05) is 16.9 Å². The summed E-state index contributed by atoms with van der Waals surface area (Å²) in [6.07, 6.45) is -2.99. The van der Waals surface area contributed by atoms with Crippen molar-refractivity contribution in [2.45, 2.75) is 43.7 Å². The van der Waals surface area contributed by atoms with Gasteiger partial charge in [0.1, 0.15) is 0 Å². The molecule has 1 fully saturated rings. The Morgan fingerprint density at radius 3 is 1.95 bits per heavy atom. The minimum absolute atomic E-state index is 0.0721. The third-order valence-corrected chi connectivity index (χ3v) is 4.17. The van der Waals surface area contributed by atoms with E-state index in [1.54, 1.807) is 0 Å². The zero-order chi connectivity index (χ0) is 15.8. The lowest BCUT2D eigenvalue weighted by atomic mass is 9.67. The van der Waals surface area contributed by atoms with E-state index < -0.39 is 17.6 Å². The van der Waals surface area contributed by atoms with Crippen LogP contribution in [-0.4, -0.2) is 17.3 Å². The smallest absolute Gasteiger partial charge is 0.398 e. The van der Waals surface area contributed by atoms with Gasteiger partial charge in [0.25, 0.3) is 0 Å². The summed E-state index contributed by atoms with van der Waals surface area (Å²) in [7, 11) is 0. The molecule has 1 aliphatic rings. The van der Waals surface area contributed by atoms with Crippen LogP contribution in [0.2, 0.25) is 0 Å². The highest BCUT2D eigenvalue weighted by Crippen LogP contribution is 2.54. The van der Waals surface area contributed by atoms with Crippen molar-refractivity contribution in [3.05, 3.63) is 23.3 Å². The van der Waals surface area contributed by atoms with Crippen molar-refractivity contribution in [3.8, 4) is 0 Å². The Balaban J connectivity index is 2.64. The van der Waals surface area contributed by atoms with Crippen molar-refractivity contribution < 1.29 is 23.1 Å². The summed E-state index contributed by atoms with van der Waals surface area (Å²) in [6, 6.07) is 2.10. The molecule has 4 nitrogen and oxygen atoms in total. The largest absolute Gasteiger partial charge is 0.478 e. The summed E-state index contributed by atoms with van der Waals surface area (Å²) in [6.45, 7) is 0. The van der Waals surface area contributed by atoms with Gasteiger partial charge in [-0.1, -0.05) is 19.3 Å². The van der Waals surface area contributed by atoms with Crippen LogP contribution in [0, 0.1) is 0 Å². The first kappa shape index (κ1) is 15.5. The van der Waals surface area contributed by atoms with Crippen LogP contribution in [0.25, 0.3) is 0 Å². The van der Waals surface area contributed by atoms with Crippen LogP contribution in [0.3, 0.4) is 0 Å². The number of anilines is 2. The third-order valence-electron chi connectivity index (χ3n) is 4.17. The summed E-state index contributed by atoms with van der Waals surface area (Å²) < 4.78 is 41.0. The van der Waals surface area contributed by atoms with Gasteiger partial charge < -0.3 is 16.6 Å². The summed E-state index contributed by atoms with van der Waals surface area (Å²) in [5.41, 5.74) is 8.61. The zero-order valence-corrected chi connectivity index (χ0v) is 11.3. The van der Waals surface area contributed by atoms with Crippen LogP contribution < -0.4 is 11.5 Å². The predicted octanol–water partition coefficient (Wildman–Crippen LogP) is 3.31. The van der Waals surface area contributed by atoms with Crippen molar-refractivity contribution in [1.29, 1.82) is 0 Å². The molecule has 1 aliphatic carbocycles. The molecule has 1 saturated carbocycles. The van der Waals surface area contributed by atoms with Crippen LogP contribution in [0.1, 0.15) is 48.0 Å². The molecule has 0 saturated heterocycles. The Kier molecular flexibility index (Phi) is 3.78. The topological polar surface area (TPSA) is 89.3 Å². The molecule has 0 atom stereocenters. The molecule has 0 bridgehead atoms. The Labute approximate surface area is 119 Å². The Morgan fingerprint density at radius 1 is 1.10 bits per heavy atom. The molecule has 5 N–H and O–H groups in total. The zero-order valence-electron chi connectivity index (χ0n) is 11.3. The average Bonchev–Trinajstić information content (AvgIpc) is 2.37. The minimum atomic E-state index is -4.47. The fourth-order valence-corrected chi connectivity index (χ4v) is 3.19. The Bertz CT molecular complexity index is 541. The standard InChI is InChI=1S/C14H17F3N2O2/c15-14(16,17)13(4-2-1-3-5-13)11-9(18)6-8(12(20)21)7-10(11)19/h6-7H,1-5,18-19H2,(H,20,21). The fraction of sp³-hybridized carbons (Fsp3) is 0.500. The molecular weight excluding hydrogens is 285 g/mol. The first-order valence-corrected chi connectivity index (χ1v) is 6.68. The number of carboxylic acid groups (broad SMARTS) is 1. The van der Waals surface area contributed by atoms with Gasteiger partial charge in [-0.15, -0.1) is 0 Å². The van der Waals surface area contributed by atoms with Gasteiger partial charge >= 0.3 is 12.1 Å². The van der Waals surface area contributed by atoms with Crippen LogP contribution in [-0.2, 0) is 5.41 Å². The number of carbonyl (C=O) groups is 1. The summed E-state index contributed by atoms with van der Waals surface area (Å²) in [4.78, 5) is 10.9. The molecule has 0 unspecified atom stereocenters. The lowest BCUT2D eigenvalue weighted by Crippen LogP contribution is -2.45. The van der Waals surface area contributed by atoms with Crippen LogP contribution in [0.4, 0.5) is 24.5 Å². The first-order valence-electron chi connectivity index (χ1n) is 6.68. The number of nitrogens with two attached hydrogens (primary N) is 2. The van der Waals surface area contributed by atoms with E-state index in [4.69, 9.17) is 16.6 Å². The molecule has 1 aromatic carbocycles. The molecule has 0 spiro atoms. The number of hydrogen-bond donors (Lipinski definition) is 3. The van der Waals surface area contributed by atoms with E-state index in [0.29, 0.717) is 12.8 Å². The van der Waals surface area contributed by atoms with Crippen molar-refractivity contribution in [3.63, 3.8) is 0 Å². The molecule has 7 heteroatoms. The van der Waals surface area contributed by atoms with Crippen LogP contribution >= 0.6 is 0 Å². The number of halogens is 3. The van der Waals surface area contributed by atoms with E-state index in [9.17, 15) is 18.0 Å². The number of alkyl halides is 3. The molecule has 0 heterocycles. The minimum Gasteiger partial charge on any atom is -0.478 e. The second kappa shape index (κ2) is 5.13. The number of hydrogen-bond acceptors (Lipinski definition) is 3. The Morgan fingerprint density at radius 2 is 1.57 bits per heavy atom. The lowest BCUT2D eigenvalue weighted by molar-refractivity contribution is -0.199. The van der Waals surface area contributed by atoms with E-state index in [2.05, 4.69) is 0 Å². The SMILES string of the molecule is Nc1cc(C(=O)O)cc(N)c1C1(C(F)(F)F)CCCCC1. The van der Waals surface area contributed by atoms with Crippen LogP contribution in [0.15, 0.2) is 12.1 Å². The molecule has 2 rings (SSSR count). The monoisotopic (exact) mass is 302 g/mol. The maximum Gasteiger partial charge on any atom is 0.398 e. The highest BCUT2D eigenvalue weighted by Gasteiger charge is 2.57. The highest BCUT2D eigenvalue weighted by molar-refractivity contribution is 5.91. The van der Waals surface area contributed by atoms with Gasteiger partial charge in [0.15, 0.2) is 0 Å². The van der Waals surface area contributed by atoms with Crippen LogP contribution in [0.5, 0.6) is 0 Å². The van der Waals surface area contributed by atoms with Gasteiger partial charge in [-0.3, -0.25) is 0 Å². The molecule has 0 aromatic heterocycles. The van der Waals surface area contributed by atoms with Gasteiger partial charge in [-0.2, -0.15) is 13.2 Å². The van der Waals surface area contributed by atoms with E-state index >= 15 is 0 Å². The van der Waals surface area contributed by atoms with Crippen molar-refractivity contribution in [2.24, 2.45) is 0 Å². The highest BCUT2D eigenvalue weighted by atomic mass is 19.4. The number of rotatable bonds is 2. The van der Waals surface area contributed by atoms with Gasteiger partial charge in [-0.25, -0.2) is 4.79 Å².